The average molecular weight is 453 g/mol. The highest BCUT2D eigenvalue weighted by atomic mass is 35.5. The quantitative estimate of drug-likeness (QED) is 0.158. The number of pyridine rings is 1. The first kappa shape index (κ1) is 25.9. The van der Waals surface area contributed by atoms with Crippen molar-refractivity contribution in [3.8, 4) is 0 Å². The lowest BCUT2D eigenvalue weighted by Gasteiger charge is -2.13. The Hall–Kier alpha value is -2.15. The number of nitro groups is 1. The Morgan fingerprint density at radius 3 is 2.40 bits per heavy atom. The number of non-ortho nitro benzene ring substituents is 1. The van der Waals surface area contributed by atoms with Gasteiger partial charge in [-0.2, -0.15) is 0 Å². The molecule has 0 aliphatic carbocycles. The number of anilines is 1. The first-order valence-electron chi connectivity index (χ1n) is 10.1. The first-order chi connectivity index (χ1) is 13.7. The Bertz CT molecular complexity index is 953. The van der Waals surface area contributed by atoms with E-state index >= 15 is 0 Å². The van der Waals surface area contributed by atoms with E-state index in [0.717, 1.165) is 42.6 Å². The summed E-state index contributed by atoms with van der Waals surface area (Å²) in [6.07, 6.45) is 5.99. The lowest BCUT2D eigenvalue weighted by Crippen LogP contribution is -2.19. The Kier molecular flexibility index (Phi) is 11.4. The van der Waals surface area contributed by atoms with Gasteiger partial charge in [-0.3, -0.25) is 10.1 Å². The summed E-state index contributed by atoms with van der Waals surface area (Å²) in [5.74, 6) is 0. The number of aromatic nitrogens is 1. The Morgan fingerprint density at radius 1 is 0.900 bits per heavy atom. The molecule has 0 aliphatic rings. The van der Waals surface area contributed by atoms with Crippen LogP contribution in [0.25, 0.3) is 21.8 Å². The fourth-order valence-electron chi connectivity index (χ4n) is 3.49. The van der Waals surface area contributed by atoms with Gasteiger partial charge >= 0.3 is 0 Å². The molecular weight excluding hydrogens is 423 g/mol. The van der Waals surface area contributed by atoms with E-state index in [1.165, 1.54) is 25.7 Å². The van der Waals surface area contributed by atoms with Crippen LogP contribution in [0.5, 0.6) is 0 Å². The number of nitro benzene ring substituents is 1. The largest absolute Gasteiger partial charge is 0.384 e. The summed E-state index contributed by atoms with van der Waals surface area (Å²) >= 11 is 0. The third-order valence-electron chi connectivity index (χ3n) is 4.92. The van der Waals surface area contributed by atoms with E-state index in [0.29, 0.717) is 10.9 Å². The first-order valence-corrected chi connectivity index (χ1v) is 10.1. The molecule has 1 aromatic heterocycles. The second-order valence-electron chi connectivity index (χ2n) is 7.02. The summed E-state index contributed by atoms with van der Waals surface area (Å²) in [4.78, 5) is 15.9. The SMILES string of the molecule is CCCCCCNCCCNc1c2ccccc2nc2cccc([N+](=O)[O-])c12.Cl.Cl. The third-order valence-corrected chi connectivity index (χ3v) is 4.92. The summed E-state index contributed by atoms with van der Waals surface area (Å²) in [6, 6.07) is 12.8. The smallest absolute Gasteiger partial charge is 0.280 e. The molecule has 1 heterocycles. The van der Waals surface area contributed by atoms with Crippen LogP contribution in [0.15, 0.2) is 42.5 Å². The Balaban J connectivity index is 0.00000225. The second-order valence-corrected chi connectivity index (χ2v) is 7.02. The lowest BCUT2D eigenvalue weighted by atomic mass is 10.1. The van der Waals surface area contributed by atoms with Crippen LogP contribution < -0.4 is 10.6 Å². The number of nitrogens with zero attached hydrogens (tertiary/aromatic N) is 2. The summed E-state index contributed by atoms with van der Waals surface area (Å²) < 4.78 is 0. The molecule has 0 spiro atoms. The van der Waals surface area contributed by atoms with Crippen LogP contribution >= 0.6 is 24.8 Å². The molecule has 6 nitrogen and oxygen atoms in total. The number of para-hydroxylation sites is 1. The van der Waals surface area contributed by atoms with Crippen molar-refractivity contribution in [2.75, 3.05) is 25.0 Å². The fourth-order valence-corrected chi connectivity index (χ4v) is 3.49. The summed E-state index contributed by atoms with van der Waals surface area (Å²) in [7, 11) is 0. The number of fused-ring (bicyclic) bond motifs is 2. The summed E-state index contributed by atoms with van der Waals surface area (Å²) in [6.45, 7) is 4.95. The maximum absolute atomic E-state index is 11.6. The van der Waals surface area contributed by atoms with Crippen LogP contribution in [-0.4, -0.2) is 29.5 Å². The minimum Gasteiger partial charge on any atom is -0.384 e. The van der Waals surface area contributed by atoms with Crippen molar-refractivity contribution in [3.05, 3.63) is 52.6 Å². The average Bonchev–Trinajstić information content (AvgIpc) is 2.71. The van der Waals surface area contributed by atoms with Crippen LogP contribution in [0.3, 0.4) is 0 Å². The zero-order valence-electron chi connectivity index (χ0n) is 17.2. The molecule has 0 unspecified atom stereocenters. The van der Waals surface area contributed by atoms with E-state index in [-0.39, 0.29) is 35.4 Å². The number of hydrogen-bond acceptors (Lipinski definition) is 5. The fraction of sp³-hybridized carbons (Fsp3) is 0.409. The molecule has 30 heavy (non-hydrogen) atoms. The van der Waals surface area contributed by atoms with Crippen LogP contribution in [0.4, 0.5) is 11.4 Å². The van der Waals surface area contributed by atoms with E-state index in [2.05, 4.69) is 22.5 Å². The van der Waals surface area contributed by atoms with Crippen LogP contribution in [-0.2, 0) is 0 Å². The van der Waals surface area contributed by atoms with Crippen molar-refractivity contribution in [1.29, 1.82) is 0 Å². The van der Waals surface area contributed by atoms with E-state index in [1.807, 2.05) is 30.3 Å². The molecule has 0 saturated carbocycles. The van der Waals surface area contributed by atoms with Crippen LogP contribution in [0.2, 0.25) is 0 Å². The maximum Gasteiger partial charge on any atom is 0.280 e. The molecule has 0 amide bonds. The van der Waals surface area contributed by atoms with Crippen molar-refractivity contribution < 1.29 is 4.92 Å². The predicted molar refractivity (Wildman–Crippen MR) is 131 cm³/mol. The molecule has 2 N–H and O–H groups in total. The van der Waals surface area contributed by atoms with E-state index in [4.69, 9.17) is 0 Å². The maximum atomic E-state index is 11.6. The lowest BCUT2D eigenvalue weighted by molar-refractivity contribution is -0.383. The van der Waals surface area contributed by atoms with Crippen molar-refractivity contribution in [3.63, 3.8) is 0 Å². The number of unbranched alkanes of at least 4 members (excludes halogenated alkanes) is 3. The predicted octanol–water partition coefficient (Wildman–Crippen LogP) is 6.11. The van der Waals surface area contributed by atoms with Crippen molar-refractivity contribution >= 4 is 58.0 Å². The zero-order valence-corrected chi connectivity index (χ0v) is 18.9. The number of rotatable bonds is 11. The number of hydrogen-bond donors (Lipinski definition) is 2. The summed E-state index contributed by atoms with van der Waals surface area (Å²) in [5, 5.41) is 20.0. The van der Waals surface area contributed by atoms with Crippen molar-refractivity contribution in [2.24, 2.45) is 0 Å². The molecule has 2 aromatic carbocycles. The minimum absolute atomic E-state index is 0. The topological polar surface area (TPSA) is 80.1 Å². The molecule has 0 saturated heterocycles. The van der Waals surface area contributed by atoms with Crippen LogP contribution in [0.1, 0.15) is 39.0 Å². The van der Waals surface area contributed by atoms with Gasteiger partial charge in [0.1, 0.15) is 5.39 Å². The monoisotopic (exact) mass is 452 g/mol. The van der Waals surface area contributed by atoms with Gasteiger partial charge in [-0.15, -0.1) is 24.8 Å². The third kappa shape index (κ3) is 6.42. The molecule has 164 valence electrons. The highest BCUT2D eigenvalue weighted by Gasteiger charge is 2.18. The molecule has 3 rings (SSSR count). The van der Waals surface area contributed by atoms with Gasteiger partial charge in [-0.1, -0.05) is 50.5 Å². The van der Waals surface area contributed by atoms with E-state index < -0.39 is 0 Å². The van der Waals surface area contributed by atoms with Gasteiger partial charge in [0.2, 0.25) is 0 Å². The van der Waals surface area contributed by atoms with Crippen LogP contribution in [0, 0.1) is 10.1 Å². The van der Waals surface area contributed by atoms with E-state index in [9.17, 15) is 10.1 Å². The van der Waals surface area contributed by atoms with Gasteiger partial charge in [0.15, 0.2) is 0 Å². The minimum atomic E-state index is -0.332. The number of halogens is 2. The molecule has 0 aliphatic heterocycles. The molecular formula is C22H30Cl2N4O2. The van der Waals surface area contributed by atoms with Gasteiger partial charge in [0.25, 0.3) is 5.69 Å². The standard InChI is InChI=1S/C22H28N4O2.2ClH/c1-2-3-4-7-14-23-15-9-16-24-22-17-10-5-6-11-18(17)25-19-12-8-13-20(21(19)22)26(27)28;;/h5-6,8,10-13,23H,2-4,7,9,14-16H2,1H3,(H,24,25);2*1H. The Morgan fingerprint density at radius 2 is 1.63 bits per heavy atom. The highest BCUT2D eigenvalue weighted by Crippen LogP contribution is 2.36. The van der Waals surface area contributed by atoms with Gasteiger partial charge in [-0.05, 0) is 38.1 Å². The van der Waals surface area contributed by atoms with Gasteiger partial charge in [-0.25, -0.2) is 4.98 Å². The van der Waals surface area contributed by atoms with Gasteiger partial charge in [0, 0.05) is 18.0 Å². The molecule has 3 aromatic rings. The Labute approximate surface area is 189 Å². The summed E-state index contributed by atoms with van der Waals surface area (Å²) in [5.41, 5.74) is 2.37. The van der Waals surface area contributed by atoms with Gasteiger partial charge < -0.3 is 10.6 Å². The second kappa shape index (κ2) is 13.2. The number of nitrogens with one attached hydrogen (secondary N) is 2. The molecule has 8 heteroatoms. The van der Waals surface area contributed by atoms with Crippen molar-refractivity contribution in [1.82, 2.24) is 10.3 Å². The molecule has 0 radical (unpaired) electrons. The highest BCUT2D eigenvalue weighted by molar-refractivity contribution is 6.11. The van der Waals surface area contributed by atoms with E-state index in [1.54, 1.807) is 12.1 Å². The molecule has 0 fully saturated rings. The molecule has 0 bridgehead atoms. The number of benzene rings is 2. The van der Waals surface area contributed by atoms with Gasteiger partial charge in [0.05, 0.1) is 21.6 Å². The normalized spacial score (nSPS) is 10.4. The molecule has 0 atom stereocenters. The zero-order chi connectivity index (χ0) is 19.8. The van der Waals surface area contributed by atoms with Crippen molar-refractivity contribution in [2.45, 2.75) is 39.0 Å².